The number of aliphatic hydroxyl groups is 1. The molecule has 6 N–H and O–H groups in total. The minimum Gasteiger partial charge on any atom is -0.461 e. The molecule has 11 nitrogen and oxygen atoms in total. The minimum absolute atomic E-state index is 0.00383. The van der Waals surface area contributed by atoms with Gasteiger partial charge in [0.05, 0.1) is 12.3 Å². The maximum atomic E-state index is 12.7. The number of halogens is 1. The van der Waals surface area contributed by atoms with Crippen LogP contribution >= 0.6 is 11.6 Å². The second-order valence-electron chi connectivity index (χ2n) is 7.84. The second kappa shape index (κ2) is 12.8. The Labute approximate surface area is 213 Å². The number of anilines is 1. The number of aliphatic hydroxyl groups excluding tert-OH is 1. The molecule has 12 heteroatoms. The van der Waals surface area contributed by atoms with Crippen LogP contribution in [0.25, 0.3) is 11.0 Å². The Kier molecular flexibility index (Phi) is 9.51. The number of furan rings is 1. The van der Waals surface area contributed by atoms with Gasteiger partial charge in [0.25, 0.3) is 0 Å². The van der Waals surface area contributed by atoms with E-state index in [1.807, 2.05) is 26.0 Å². The average molecular weight is 517 g/mol. The van der Waals surface area contributed by atoms with Crippen LogP contribution < -0.4 is 27.0 Å². The molecule has 0 aliphatic carbocycles. The molecule has 192 valence electrons. The van der Waals surface area contributed by atoms with E-state index in [0.29, 0.717) is 15.6 Å². The Morgan fingerprint density at radius 2 is 1.81 bits per heavy atom. The van der Waals surface area contributed by atoms with Crippen molar-refractivity contribution in [2.24, 2.45) is 0 Å². The highest BCUT2D eigenvalue weighted by Crippen LogP contribution is 2.27. The van der Waals surface area contributed by atoms with Crippen LogP contribution in [0.1, 0.15) is 23.8 Å². The lowest BCUT2D eigenvalue weighted by Crippen LogP contribution is -2.55. The predicted molar refractivity (Wildman–Crippen MR) is 136 cm³/mol. The maximum Gasteiger partial charge on any atom is 0.341 e. The van der Waals surface area contributed by atoms with Gasteiger partial charge in [0.1, 0.15) is 17.9 Å². The number of imide groups is 1. The number of nitrogens with one attached hydrogen (secondary N) is 5. The molecule has 0 aliphatic rings. The van der Waals surface area contributed by atoms with Crippen molar-refractivity contribution in [2.45, 2.75) is 26.8 Å². The highest BCUT2D eigenvalue weighted by atomic mass is 35.5. The fourth-order valence-corrected chi connectivity index (χ4v) is 3.54. The molecule has 0 saturated heterocycles. The number of amides is 5. The Balaban J connectivity index is 1.61. The van der Waals surface area contributed by atoms with Crippen LogP contribution in [0.3, 0.4) is 0 Å². The van der Waals surface area contributed by atoms with Gasteiger partial charge in [-0.15, -0.1) is 5.53 Å². The fourth-order valence-electron chi connectivity index (χ4n) is 3.42. The zero-order valence-corrected chi connectivity index (χ0v) is 20.7. The molecule has 0 spiro atoms. The third-order valence-corrected chi connectivity index (χ3v) is 5.57. The standard InChI is InChI=1S/C24H29ClN6O5/c1-3-20-15(2)19-12-18(8-9-21(19)36-20)28-30-29-24(35)31(14-22(33)26-10-11-32)23(34)27-13-16-4-6-17(25)7-5-16/h4-9,12,28,30,32H,3,10-11,13-14H2,1-2H3,(H,26,33)(H,27,34)(H,29,35). The van der Waals surface area contributed by atoms with Crippen molar-refractivity contribution in [3.05, 3.63) is 64.4 Å². The van der Waals surface area contributed by atoms with Crippen LogP contribution in [0.5, 0.6) is 0 Å². The number of urea groups is 2. The first-order valence-corrected chi connectivity index (χ1v) is 11.7. The largest absolute Gasteiger partial charge is 0.461 e. The zero-order valence-electron chi connectivity index (χ0n) is 20.0. The van der Waals surface area contributed by atoms with Crippen molar-refractivity contribution in [1.82, 2.24) is 26.5 Å². The lowest BCUT2D eigenvalue weighted by molar-refractivity contribution is -0.121. The van der Waals surface area contributed by atoms with E-state index in [0.717, 1.165) is 34.3 Å². The molecule has 5 amide bonds. The number of benzene rings is 2. The van der Waals surface area contributed by atoms with E-state index in [-0.39, 0.29) is 19.7 Å². The van der Waals surface area contributed by atoms with E-state index in [1.165, 1.54) is 0 Å². The molecule has 0 atom stereocenters. The summed E-state index contributed by atoms with van der Waals surface area (Å²) in [4.78, 5) is 38.3. The summed E-state index contributed by atoms with van der Waals surface area (Å²) in [5.41, 5.74) is 10.9. The molecule has 0 aliphatic heterocycles. The van der Waals surface area contributed by atoms with E-state index in [9.17, 15) is 14.4 Å². The summed E-state index contributed by atoms with van der Waals surface area (Å²) >= 11 is 5.87. The molecule has 0 bridgehead atoms. The molecule has 0 saturated carbocycles. The van der Waals surface area contributed by atoms with Crippen molar-refractivity contribution in [3.63, 3.8) is 0 Å². The highest BCUT2D eigenvalue weighted by Gasteiger charge is 2.24. The number of carbonyl (C=O) groups is 3. The van der Waals surface area contributed by atoms with Crippen molar-refractivity contribution in [2.75, 3.05) is 25.1 Å². The number of hydrogen-bond donors (Lipinski definition) is 6. The van der Waals surface area contributed by atoms with E-state index < -0.39 is 24.5 Å². The van der Waals surface area contributed by atoms with Gasteiger partial charge in [-0.05, 0) is 48.4 Å². The number of rotatable bonds is 10. The van der Waals surface area contributed by atoms with Crippen LogP contribution in [-0.4, -0.2) is 47.7 Å². The zero-order chi connectivity index (χ0) is 26.1. The Bertz CT molecular complexity index is 1210. The number of carbonyl (C=O) groups excluding carboxylic acids is 3. The molecule has 0 fully saturated rings. The molecule has 0 radical (unpaired) electrons. The summed E-state index contributed by atoms with van der Waals surface area (Å²) in [6.07, 6.45) is 0.777. The van der Waals surface area contributed by atoms with Crippen LogP contribution in [0.15, 0.2) is 46.9 Å². The fraction of sp³-hybridized carbons (Fsp3) is 0.292. The van der Waals surface area contributed by atoms with Gasteiger partial charge in [-0.25, -0.2) is 14.5 Å². The van der Waals surface area contributed by atoms with Crippen molar-refractivity contribution >= 4 is 46.2 Å². The van der Waals surface area contributed by atoms with Crippen LogP contribution in [-0.2, 0) is 17.8 Å². The number of hydrazine groups is 2. The van der Waals surface area contributed by atoms with Gasteiger partial charge in [0, 0.05) is 29.9 Å². The molecule has 1 heterocycles. The van der Waals surface area contributed by atoms with E-state index >= 15 is 0 Å². The number of fused-ring (bicyclic) bond motifs is 1. The quantitative estimate of drug-likeness (QED) is 0.227. The molecule has 36 heavy (non-hydrogen) atoms. The van der Waals surface area contributed by atoms with Gasteiger partial charge < -0.3 is 25.6 Å². The summed E-state index contributed by atoms with van der Waals surface area (Å²) in [5, 5.41) is 15.4. The van der Waals surface area contributed by atoms with Gasteiger partial charge in [0.15, 0.2) is 0 Å². The van der Waals surface area contributed by atoms with Crippen molar-refractivity contribution in [3.8, 4) is 0 Å². The smallest absolute Gasteiger partial charge is 0.341 e. The number of aryl methyl sites for hydroxylation is 2. The summed E-state index contributed by atoms with van der Waals surface area (Å²) in [6.45, 7) is 3.28. The molecule has 1 aromatic heterocycles. The van der Waals surface area contributed by atoms with Gasteiger partial charge >= 0.3 is 12.1 Å². The van der Waals surface area contributed by atoms with Gasteiger partial charge in [0.2, 0.25) is 5.91 Å². The van der Waals surface area contributed by atoms with Gasteiger partial charge in [-0.2, -0.15) is 0 Å². The summed E-state index contributed by atoms with van der Waals surface area (Å²) in [6, 6.07) is 10.6. The lowest BCUT2D eigenvalue weighted by Gasteiger charge is -2.22. The Morgan fingerprint density at radius 3 is 2.50 bits per heavy atom. The second-order valence-corrected chi connectivity index (χ2v) is 8.28. The van der Waals surface area contributed by atoms with Gasteiger partial charge in [-0.1, -0.05) is 30.7 Å². The predicted octanol–water partition coefficient (Wildman–Crippen LogP) is 2.82. The molecule has 2 aromatic carbocycles. The van der Waals surface area contributed by atoms with E-state index in [4.69, 9.17) is 21.1 Å². The minimum atomic E-state index is -0.871. The average Bonchev–Trinajstić information content (AvgIpc) is 3.20. The van der Waals surface area contributed by atoms with E-state index in [1.54, 1.807) is 30.3 Å². The monoisotopic (exact) mass is 516 g/mol. The van der Waals surface area contributed by atoms with Crippen LogP contribution in [0.2, 0.25) is 5.02 Å². The highest BCUT2D eigenvalue weighted by molar-refractivity contribution is 6.30. The van der Waals surface area contributed by atoms with Crippen molar-refractivity contribution in [1.29, 1.82) is 0 Å². The summed E-state index contributed by atoms with van der Waals surface area (Å²) < 4.78 is 5.80. The molecule has 3 aromatic rings. The lowest BCUT2D eigenvalue weighted by atomic mass is 10.1. The number of hydrogen-bond acceptors (Lipinski definition) is 7. The van der Waals surface area contributed by atoms with Crippen molar-refractivity contribution < 1.29 is 23.9 Å². The third kappa shape index (κ3) is 7.11. The van der Waals surface area contributed by atoms with E-state index in [2.05, 4.69) is 27.0 Å². The first kappa shape index (κ1) is 26.8. The molecular formula is C24H29ClN6O5. The normalized spacial score (nSPS) is 10.7. The summed E-state index contributed by atoms with van der Waals surface area (Å²) in [7, 11) is 0. The Hall–Kier alpha value is -3.80. The van der Waals surface area contributed by atoms with Gasteiger partial charge in [-0.3, -0.25) is 10.2 Å². The first-order valence-electron chi connectivity index (χ1n) is 11.3. The van der Waals surface area contributed by atoms with Crippen LogP contribution in [0.4, 0.5) is 15.3 Å². The molecule has 0 unspecified atom stereocenters. The number of nitrogens with zero attached hydrogens (tertiary/aromatic N) is 1. The summed E-state index contributed by atoms with van der Waals surface area (Å²) in [5.74, 6) is 0.296. The topological polar surface area (TPSA) is 148 Å². The maximum absolute atomic E-state index is 12.7. The SMILES string of the molecule is CCc1oc2ccc(NNNC(=O)N(CC(=O)NCCO)C(=O)NCc3ccc(Cl)cc3)cc2c1C. The third-order valence-electron chi connectivity index (χ3n) is 5.32. The van der Waals surface area contributed by atoms with Crippen LogP contribution in [0, 0.1) is 6.92 Å². The molecule has 3 rings (SSSR count). The first-order chi connectivity index (χ1) is 17.3. The Morgan fingerprint density at radius 1 is 1.06 bits per heavy atom. The molecular weight excluding hydrogens is 488 g/mol.